The van der Waals surface area contributed by atoms with Crippen molar-refractivity contribution in [2.24, 2.45) is 0 Å². The molecule has 11 heteroatoms. The number of hydrogen-bond donors (Lipinski definition) is 3. The Balaban J connectivity index is 0.000000534. The van der Waals surface area contributed by atoms with Crippen LogP contribution in [-0.2, 0) is 16.6 Å². The zero-order valence-corrected chi connectivity index (χ0v) is 13.9. The minimum atomic E-state index is -10.7. The second kappa shape index (κ2) is 7.61. The molecule has 2 nitrogen and oxygen atoms in total. The monoisotopic (exact) mass is 390 g/mol. The van der Waals surface area contributed by atoms with Crippen molar-refractivity contribution in [2.75, 3.05) is 24.7 Å². The van der Waals surface area contributed by atoms with E-state index in [9.17, 15) is 25.2 Å². The number of aliphatic hydroxyl groups is 2. The predicted octanol–water partition coefficient (Wildman–Crippen LogP) is 4.46. The first-order chi connectivity index (χ1) is 9.71. The predicted molar refractivity (Wildman–Crippen MR) is 82.2 cm³/mol. The average molecular weight is 390 g/mol. The van der Waals surface area contributed by atoms with Crippen LogP contribution >= 0.6 is 20.4 Å². The molecule has 0 saturated heterocycles. The molecule has 0 bridgehead atoms. The third-order valence-corrected chi connectivity index (χ3v) is 4.63. The molecule has 0 amide bonds. The van der Waals surface area contributed by atoms with E-state index in [0.717, 1.165) is 22.2 Å². The summed E-state index contributed by atoms with van der Waals surface area (Å²) in [5.74, 6) is 2.50. The molecule has 0 aliphatic heterocycles. The first kappa shape index (κ1) is 21.9. The van der Waals surface area contributed by atoms with E-state index < -0.39 is 7.81 Å². The molecule has 2 N–H and O–H groups in total. The van der Waals surface area contributed by atoms with Crippen molar-refractivity contribution in [2.45, 2.75) is 10.6 Å². The molecular weight excluding hydrogens is 373 g/mol. The molecular formula is C11H17F6O2PS2. The zero-order chi connectivity index (χ0) is 17.5. The molecule has 1 aromatic carbocycles. The van der Waals surface area contributed by atoms with Crippen LogP contribution in [0.5, 0.6) is 0 Å². The zero-order valence-electron chi connectivity index (χ0n) is 11.3. The van der Waals surface area contributed by atoms with Gasteiger partial charge in [0.15, 0.2) is 0 Å². The molecule has 0 aliphatic rings. The van der Waals surface area contributed by atoms with Crippen LogP contribution in [0.25, 0.3) is 0 Å². The van der Waals surface area contributed by atoms with Gasteiger partial charge in [-0.25, -0.2) is 0 Å². The molecule has 132 valence electrons. The fourth-order valence-corrected chi connectivity index (χ4v) is 3.15. The van der Waals surface area contributed by atoms with Gasteiger partial charge >= 0.3 is 33.0 Å². The Hall–Kier alpha value is -0.150. The van der Waals surface area contributed by atoms with E-state index in [1.54, 1.807) is 0 Å². The third kappa shape index (κ3) is 17.9. The molecule has 0 unspecified atom stereocenters. The van der Waals surface area contributed by atoms with E-state index in [0.29, 0.717) is 0 Å². The standard InChI is InChI=1S/C11H16O2S2.F6P/c12-5-7-15(8-6-13)9-10-1-3-11(14)4-2-10;1-7(2,3,4,5)6/h1-4,12-13H,5-9H2;/q;-1/p+1. The van der Waals surface area contributed by atoms with Crippen LogP contribution < -0.4 is 0 Å². The van der Waals surface area contributed by atoms with Gasteiger partial charge in [-0.1, -0.05) is 12.1 Å². The van der Waals surface area contributed by atoms with Crippen LogP contribution in [0, 0.1) is 0 Å². The SMILES string of the molecule is F[P-](F)(F)(F)(F)F.OCC[S+](CCO)Cc1ccc(S)cc1. The van der Waals surface area contributed by atoms with Crippen molar-refractivity contribution in [1.82, 2.24) is 0 Å². The summed E-state index contributed by atoms with van der Waals surface area (Å²) in [5, 5.41) is 17.8. The van der Waals surface area contributed by atoms with E-state index >= 15 is 0 Å². The number of thiol groups is 1. The van der Waals surface area contributed by atoms with E-state index in [4.69, 9.17) is 10.2 Å². The minimum Gasteiger partial charge on any atom is -0.391 e. The molecule has 1 aromatic rings. The number of aliphatic hydroxyl groups excluding tert-OH is 2. The largest absolute Gasteiger partial charge is 0.391 e. The number of halogens is 6. The first-order valence-electron chi connectivity index (χ1n) is 5.91. The maximum absolute atomic E-state index is 10.7. The number of hydrogen-bond acceptors (Lipinski definition) is 3. The second-order valence-corrected chi connectivity index (χ2v) is 9.00. The molecule has 0 radical (unpaired) electrons. The fraction of sp³-hybridized carbons (Fsp3) is 0.455. The van der Waals surface area contributed by atoms with Gasteiger partial charge in [0.1, 0.15) is 17.3 Å². The van der Waals surface area contributed by atoms with Crippen molar-refractivity contribution in [1.29, 1.82) is 0 Å². The van der Waals surface area contributed by atoms with Gasteiger partial charge in [0, 0.05) is 10.5 Å². The summed E-state index contributed by atoms with van der Waals surface area (Å²) < 4.78 is 59.2. The molecule has 0 spiro atoms. The summed E-state index contributed by atoms with van der Waals surface area (Å²) in [6, 6.07) is 8.05. The summed E-state index contributed by atoms with van der Waals surface area (Å²) in [4.78, 5) is 0.961. The summed E-state index contributed by atoms with van der Waals surface area (Å²) in [5.41, 5.74) is 1.25. The average Bonchev–Trinajstić information content (AvgIpc) is 2.29. The van der Waals surface area contributed by atoms with Crippen LogP contribution in [0.4, 0.5) is 25.2 Å². The Morgan fingerprint density at radius 3 is 1.55 bits per heavy atom. The summed E-state index contributed by atoms with van der Waals surface area (Å²) in [6.45, 7) is 0.404. The number of rotatable bonds is 6. The quantitative estimate of drug-likeness (QED) is 0.291. The molecule has 0 saturated carbocycles. The molecule has 0 heterocycles. The van der Waals surface area contributed by atoms with Crippen LogP contribution in [0.1, 0.15) is 5.56 Å². The van der Waals surface area contributed by atoms with Crippen LogP contribution in [0.3, 0.4) is 0 Å². The van der Waals surface area contributed by atoms with Gasteiger partial charge in [0.05, 0.1) is 13.2 Å². The van der Waals surface area contributed by atoms with Gasteiger partial charge in [-0.05, 0) is 23.0 Å². The van der Waals surface area contributed by atoms with Gasteiger partial charge in [-0.2, -0.15) is 0 Å². The maximum Gasteiger partial charge on any atom is 0.133 e. The van der Waals surface area contributed by atoms with Crippen molar-refractivity contribution >= 4 is 31.3 Å². The molecule has 0 fully saturated rings. The molecule has 0 atom stereocenters. The Morgan fingerprint density at radius 2 is 1.23 bits per heavy atom. The maximum atomic E-state index is 9.87. The van der Waals surface area contributed by atoms with Crippen molar-refractivity contribution < 1.29 is 35.4 Å². The van der Waals surface area contributed by atoms with Gasteiger partial charge in [0.25, 0.3) is 0 Å². The van der Waals surface area contributed by atoms with Gasteiger partial charge in [-0.15, -0.1) is 12.6 Å². The minimum absolute atomic E-state index is 0.0929. The summed E-state index contributed by atoms with van der Waals surface area (Å²) in [6.07, 6.45) is 0. The van der Waals surface area contributed by atoms with Crippen molar-refractivity contribution in [3.05, 3.63) is 29.8 Å². The molecule has 0 aliphatic carbocycles. The Labute approximate surface area is 132 Å². The van der Waals surface area contributed by atoms with Crippen LogP contribution in [0.15, 0.2) is 29.2 Å². The molecule has 0 aromatic heterocycles. The Morgan fingerprint density at radius 1 is 0.864 bits per heavy atom. The van der Waals surface area contributed by atoms with Gasteiger partial charge < -0.3 is 10.2 Å². The van der Waals surface area contributed by atoms with Crippen LogP contribution in [-0.4, -0.2) is 34.9 Å². The summed E-state index contributed by atoms with van der Waals surface area (Å²) >= 11 is 4.23. The first-order valence-corrected chi connectivity index (χ1v) is 10.1. The Kier molecular flexibility index (Phi) is 7.56. The van der Waals surface area contributed by atoms with E-state index in [1.165, 1.54) is 5.56 Å². The van der Waals surface area contributed by atoms with E-state index in [1.807, 2.05) is 12.1 Å². The third-order valence-electron chi connectivity index (χ3n) is 2.07. The van der Waals surface area contributed by atoms with Crippen molar-refractivity contribution in [3.8, 4) is 0 Å². The van der Waals surface area contributed by atoms with Gasteiger partial charge in [-0.3, -0.25) is 0 Å². The van der Waals surface area contributed by atoms with E-state index in [2.05, 4.69) is 24.8 Å². The van der Waals surface area contributed by atoms with Gasteiger partial charge in [0.2, 0.25) is 0 Å². The summed E-state index contributed by atoms with van der Waals surface area (Å²) in [7, 11) is -10.6. The molecule has 1 rings (SSSR count). The second-order valence-electron chi connectivity index (χ2n) is 4.24. The fourth-order valence-electron chi connectivity index (χ4n) is 1.33. The molecule has 22 heavy (non-hydrogen) atoms. The van der Waals surface area contributed by atoms with Crippen molar-refractivity contribution in [3.63, 3.8) is 0 Å². The topological polar surface area (TPSA) is 40.5 Å². The Bertz CT molecular complexity index is 433. The smallest absolute Gasteiger partial charge is 0.133 e. The van der Waals surface area contributed by atoms with Crippen LogP contribution in [0.2, 0.25) is 0 Å². The normalized spacial score (nSPS) is 14.8. The van der Waals surface area contributed by atoms with E-state index in [-0.39, 0.29) is 24.1 Å². The number of benzene rings is 1.